The highest BCUT2D eigenvalue weighted by Crippen LogP contribution is 2.75. The number of ketones is 1. The summed E-state index contributed by atoms with van der Waals surface area (Å²) in [5.41, 5.74) is 3.81. The fourth-order valence-corrected chi connectivity index (χ4v) is 11.5. The molecule has 0 saturated heterocycles. The van der Waals surface area contributed by atoms with E-state index in [1.54, 1.807) is 6.92 Å². The SMILES string of the molecule is CC(=O)Oc1cc2c(c(C)c1OC(C)=O)C(SC(=O)c1ccccc1)C=C1[C@@]2(C)CC[C@@]2(C)[C@@H]3C[C@](C)(C(C)=O)CC[C@]3(C)CC[C@]12C. The third-order valence-corrected chi connectivity index (χ3v) is 14.7. The van der Waals surface area contributed by atoms with Crippen molar-refractivity contribution in [3.63, 3.8) is 0 Å². The second kappa shape index (κ2) is 11.7. The van der Waals surface area contributed by atoms with E-state index in [0.717, 1.165) is 56.1 Å². The van der Waals surface area contributed by atoms with Crippen LogP contribution in [0.25, 0.3) is 0 Å². The molecule has 0 heterocycles. The zero-order chi connectivity index (χ0) is 35.0. The van der Waals surface area contributed by atoms with Gasteiger partial charge in [0.2, 0.25) is 5.12 Å². The van der Waals surface area contributed by atoms with Gasteiger partial charge in [-0.25, -0.2) is 0 Å². The molecule has 7 heteroatoms. The van der Waals surface area contributed by atoms with Gasteiger partial charge in [0, 0.05) is 35.8 Å². The van der Waals surface area contributed by atoms with Gasteiger partial charge in [-0.2, -0.15) is 0 Å². The van der Waals surface area contributed by atoms with Gasteiger partial charge in [0.25, 0.3) is 0 Å². The number of thioether (sulfide) groups is 1. The van der Waals surface area contributed by atoms with Crippen LogP contribution < -0.4 is 9.47 Å². The standard InChI is InChI=1S/C41H50O6S/c1-24-34-29(21-30(46-26(3)43)35(24)47-27(4)44)39(7)18-20-41(9)33-23-38(6,25(2)42)16-15-37(33,5)17-19-40(41,8)32(39)22-31(34)48-36(45)28-13-11-10-12-14-28/h10-14,21-22,31,33H,15-20,23H2,1-9H3/t31?,33-,37-,38-,39+,40-,41+/m1/s1. The molecule has 4 aliphatic rings. The van der Waals surface area contributed by atoms with Gasteiger partial charge in [-0.3, -0.25) is 19.2 Å². The summed E-state index contributed by atoms with van der Waals surface area (Å²) in [6.45, 7) is 18.2. The smallest absolute Gasteiger partial charge is 0.308 e. The minimum absolute atomic E-state index is 0.0334. The number of ether oxygens (including phenoxy) is 2. The van der Waals surface area contributed by atoms with E-state index in [4.69, 9.17) is 9.47 Å². The van der Waals surface area contributed by atoms with E-state index in [9.17, 15) is 19.2 Å². The Balaban J connectivity index is 1.56. The van der Waals surface area contributed by atoms with Crippen LogP contribution in [0.1, 0.15) is 133 Å². The van der Waals surface area contributed by atoms with Gasteiger partial charge in [-0.1, -0.05) is 88.4 Å². The van der Waals surface area contributed by atoms with Crippen LogP contribution in [0.3, 0.4) is 0 Å². The lowest BCUT2D eigenvalue weighted by Crippen LogP contribution is -2.62. The van der Waals surface area contributed by atoms with Gasteiger partial charge in [-0.05, 0) is 98.1 Å². The molecule has 256 valence electrons. The van der Waals surface area contributed by atoms with Gasteiger partial charge >= 0.3 is 11.9 Å². The first kappa shape index (κ1) is 34.7. The van der Waals surface area contributed by atoms with Crippen LogP contribution in [0.15, 0.2) is 48.0 Å². The third-order valence-electron chi connectivity index (χ3n) is 13.6. The maximum absolute atomic E-state index is 13.9. The van der Waals surface area contributed by atoms with Crippen LogP contribution in [-0.4, -0.2) is 22.8 Å². The Morgan fingerprint density at radius 1 is 0.812 bits per heavy atom. The molecular formula is C41H50O6S. The normalized spacial score (nSPS) is 35.1. The number of esters is 2. The highest BCUT2D eigenvalue weighted by Gasteiger charge is 2.67. The Labute approximate surface area is 289 Å². The van der Waals surface area contributed by atoms with Crippen LogP contribution in [-0.2, 0) is 19.8 Å². The van der Waals surface area contributed by atoms with Gasteiger partial charge < -0.3 is 9.47 Å². The Morgan fingerprint density at radius 2 is 1.46 bits per heavy atom. The predicted octanol–water partition coefficient (Wildman–Crippen LogP) is 9.66. The minimum Gasteiger partial charge on any atom is -0.423 e. The first-order valence-electron chi connectivity index (χ1n) is 17.4. The van der Waals surface area contributed by atoms with Gasteiger partial charge in [-0.15, -0.1) is 0 Å². The maximum atomic E-state index is 13.9. The van der Waals surface area contributed by atoms with E-state index in [1.807, 2.05) is 43.3 Å². The Hall–Kier alpha value is -3.19. The fraction of sp³-hybridized carbons (Fsp3) is 0.561. The second-order valence-electron chi connectivity index (χ2n) is 16.4. The summed E-state index contributed by atoms with van der Waals surface area (Å²) in [6, 6.07) is 11.2. The van der Waals surface area contributed by atoms with E-state index in [1.165, 1.54) is 31.2 Å². The number of carbonyl (C=O) groups is 4. The second-order valence-corrected chi connectivity index (χ2v) is 17.5. The van der Waals surface area contributed by atoms with Crippen LogP contribution in [0, 0.1) is 34.5 Å². The molecule has 3 saturated carbocycles. The first-order valence-corrected chi connectivity index (χ1v) is 18.3. The van der Waals surface area contributed by atoms with E-state index < -0.39 is 17.4 Å². The molecule has 0 spiro atoms. The van der Waals surface area contributed by atoms with Crippen molar-refractivity contribution >= 4 is 34.6 Å². The fourth-order valence-electron chi connectivity index (χ4n) is 10.3. The molecule has 0 aliphatic heterocycles. The van der Waals surface area contributed by atoms with Crippen molar-refractivity contribution in [2.24, 2.45) is 27.6 Å². The number of Topliss-reactive ketones (excluding diaryl/α,β-unsaturated/α-hetero) is 1. The molecule has 0 bridgehead atoms. The molecule has 7 atom stereocenters. The topological polar surface area (TPSA) is 86.7 Å². The monoisotopic (exact) mass is 670 g/mol. The number of hydrogen-bond donors (Lipinski definition) is 0. The number of allylic oxidation sites excluding steroid dienone is 1. The molecule has 2 aromatic rings. The van der Waals surface area contributed by atoms with Crippen molar-refractivity contribution in [1.82, 2.24) is 0 Å². The molecule has 0 aromatic heterocycles. The predicted molar refractivity (Wildman–Crippen MR) is 189 cm³/mol. The molecule has 48 heavy (non-hydrogen) atoms. The number of rotatable bonds is 5. The van der Waals surface area contributed by atoms with Crippen molar-refractivity contribution in [1.29, 1.82) is 0 Å². The molecule has 1 unspecified atom stereocenters. The zero-order valence-corrected chi connectivity index (χ0v) is 30.8. The molecule has 6 nitrogen and oxygen atoms in total. The molecule has 0 N–H and O–H groups in total. The van der Waals surface area contributed by atoms with Crippen LogP contribution in [0.4, 0.5) is 0 Å². The largest absolute Gasteiger partial charge is 0.423 e. The van der Waals surface area contributed by atoms with Gasteiger partial charge in [0.05, 0.1) is 5.25 Å². The molecule has 6 rings (SSSR count). The quantitative estimate of drug-likeness (QED) is 0.178. The summed E-state index contributed by atoms with van der Waals surface area (Å²) >= 11 is 1.29. The lowest BCUT2D eigenvalue weighted by atomic mass is 9.34. The van der Waals surface area contributed by atoms with Crippen molar-refractivity contribution in [2.45, 2.75) is 118 Å². The van der Waals surface area contributed by atoms with Crippen molar-refractivity contribution < 1.29 is 28.7 Å². The summed E-state index contributed by atoms with van der Waals surface area (Å²) in [4.78, 5) is 51.6. The summed E-state index contributed by atoms with van der Waals surface area (Å²) in [5.74, 6) is 0.116. The van der Waals surface area contributed by atoms with Gasteiger partial charge in [0.15, 0.2) is 11.5 Å². The average molecular weight is 671 g/mol. The van der Waals surface area contributed by atoms with Crippen LogP contribution >= 0.6 is 11.8 Å². The van der Waals surface area contributed by atoms with E-state index >= 15 is 0 Å². The summed E-state index contributed by atoms with van der Waals surface area (Å²) < 4.78 is 11.5. The Morgan fingerprint density at radius 3 is 2.08 bits per heavy atom. The number of fused-ring (bicyclic) bond motifs is 7. The van der Waals surface area contributed by atoms with Crippen molar-refractivity contribution in [2.75, 3.05) is 0 Å². The van der Waals surface area contributed by atoms with Crippen LogP contribution in [0.2, 0.25) is 0 Å². The first-order chi connectivity index (χ1) is 22.4. The van der Waals surface area contributed by atoms with E-state index in [0.29, 0.717) is 22.8 Å². The number of carbonyl (C=O) groups excluding carboxylic acids is 4. The average Bonchev–Trinajstić information content (AvgIpc) is 3.02. The summed E-state index contributed by atoms with van der Waals surface area (Å²) in [7, 11) is 0. The molecule has 4 aliphatic carbocycles. The summed E-state index contributed by atoms with van der Waals surface area (Å²) in [6.07, 6.45) is 9.23. The summed E-state index contributed by atoms with van der Waals surface area (Å²) in [5, 5.41) is -0.383. The number of benzene rings is 2. The zero-order valence-electron chi connectivity index (χ0n) is 30.0. The van der Waals surface area contributed by atoms with Gasteiger partial charge in [0.1, 0.15) is 5.78 Å². The number of hydrogen-bond acceptors (Lipinski definition) is 7. The molecule has 2 aromatic carbocycles. The third kappa shape index (κ3) is 5.21. The maximum Gasteiger partial charge on any atom is 0.308 e. The molecular weight excluding hydrogens is 621 g/mol. The lowest BCUT2D eigenvalue weighted by Gasteiger charge is -2.70. The molecule has 0 amide bonds. The molecule has 3 fully saturated rings. The molecule has 0 radical (unpaired) electrons. The van der Waals surface area contributed by atoms with E-state index in [-0.39, 0.29) is 43.5 Å². The van der Waals surface area contributed by atoms with E-state index in [2.05, 4.69) is 40.7 Å². The Bertz CT molecular complexity index is 1740. The lowest BCUT2D eigenvalue weighted by molar-refractivity contribution is -0.165. The Kier molecular flexibility index (Phi) is 8.46. The van der Waals surface area contributed by atoms with Crippen LogP contribution in [0.5, 0.6) is 11.5 Å². The van der Waals surface area contributed by atoms with Crippen molar-refractivity contribution in [3.8, 4) is 11.5 Å². The van der Waals surface area contributed by atoms with Crippen molar-refractivity contribution in [3.05, 3.63) is 70.3 Å². The highest BCUT2D eigenvalue weighted by molar-refractivity contribution is 8.14. The minimum atomic E-state index is -0.509. The highest BCUT2D eigenvalue weighted by atomic mass is 32.2.